The molecule has 0 saturated heterocycles. The summed E-state index contributed by atoms with van der Waals surface area (Å²) in [6, 6.07) is 2.75. The van der Waals surface area contributed by atoms with E-state index in [1.165, 1.54) is 18.3 Å². The maximum absolute atomic E-state index is 10.6. The number of carboxylic acids is 1. The van der Waals surface area contributed by atoms with Gasteiger partial charge in [-0.15, -0.1) is 0 Å². The summed E-state index contributed by atoms with van der Waals surface area (Å²) < 4.78 is 4.94. The Kier molecular flexibility index (Phi) is 3.22. The molecule has 2 rings (SSSR count). The fourth-order valence-corrected chi connectivity index (χ4v) is 1.25. The van der Waals surface area contributed by atoms with Gasteiger partial charge in [0.25, 0.3) is 0 Å². The van der Waals surface area contributed by atoms with Crippen LogP contribution in [0.15, 0.2) is 22.7 Å². The fraction of sp³-hybridized carbons (Fsp3) is 0. The normalized spacial score (nSPS) is 9.79. The summed E-state index contributed by atoms with van der Waals surface area (Å²) in [7, 11) is 0. The first-order chi connectivity index (χ1) is 6.18. The zero-order valence-electron chi connectivity index (χ0n) is 7.28. The maximum Gasteiger partial charge on any atom is 1.00 e. The Bertz CT molecular complexity index is 482. The number of halogens is 1. The number of aromatic carboxylic acids is 1. The molecule has 0 bridgehead atoms. The van der Waals surface area contributed by atoms with Gasteiger partial charge in [-0.25, -0.2) is 0 Å². The molecule has 0 N–H and O–H groups in total. The van der Waals surface area contributed by atoms with Gasteiger partial charge in [0.1, 0.15) is 5.52 Å². The number of hydrogen-bond donors (Lipinski definition) is 0. The van der Waals surface area contributed by atoms with Crippen LogP contribution in [0.1, 0.15) is 10.4 Å². The second-order valence-electron chi connectivity index (χ2n) is 2.41. The van der Waals surface area contributed by atoms with E-state index in [1.54, 1.807) is 0 Å². The summed E-state index contributed by atoms with van der Waals surface area (Å²) in [5.41, 5.74) is 0.510. The molecule has 4 nitrogen and oxygen atoms in total. The van der Waals surface area contributed by atoms with Gasteiger partial charge in [0, 0.05) is 17.8 Å². The Balaban J connectivity index is 0.000000980. The number of rotatable bonds is 1. The molecule has 0 fully saturated rings. The van der Waals surface area contributed by atoms with Gasteiger partial charge >= 0.3 is 18.9 Å². The molecule has 0 amide bonds. The summed E-state index contributed by atoms with van der Waals surface area (Å²) in [5.74, 6) is -1.31. The third-order valence-corrected chi connectivity index (χ3v) is 1.79. The van der Waals surface area contributed by atoms with E-state index < -0.39 is 5.97 Å². The molecule has 0 aliphatic carbocycles. The Morgan fingerprint density at radius 2 is 2.29 bits per heavy atom. The number of nitrogens with zero attached hydrogens (tertiary/aromatic N) is 1. The van der Waals surface area contributed by atoms with Gasteiger partial charge in [-0.2, -0.15) is 0 Å². The average Bonchev–Trinajstić information content (AvgIpc) is 2.43. The van der Waals surface area contributed by atoms with Gasteiger partial charge in [-0.05, 0) is 17.7 Å². The quantitative estimate of drug-likeness (QED) is 0.496. The van der Waals surface area contributed by atoms with Crippen LogP contribution in [-0.2, 0) is 0 Å². The first-order valence-corrected chi connectivity index (χ1v) is 3.81. The Labute approximate surface area is 96.0 Å². The molecule has 0 radical (unpaired) electrons. The zero-order valence-corrected chi connectivity index (χ0v) is 8.04. The maximum atomic E-state index is 10.6. The van der Waals surface area contributed by atoms with Crippen LogP contribution in [0.25, 0.3) is 11.1 Å². The van der Waals surface area contributed by atoms with Gasteiger partial charge in [-0.1, -0.05) is 0 Å². The molecule has 0 aromatic carbocycles. The molecular formula is C8H3ClLiNO3. The predicted octanol–water partition coefficient (Wildman–Crippen LogP) is -2.15. The van der Waals surface area contributed by atoms with Crippen molar-refractivity contribution >= 4 is 28.7 Å². The number of carbonyl (C=O) groups excluding carboxylic acids is 1. The summed E-state index contributed by atoms with van der Waals surface area (Å²) in [6.07, 6.45) is 1.36. The minimum Gasteiger partial charge on any atom is -0.545 e. The van der Waals surface area contributed by atoms with E-state index in [-0.39, 0.29) is 35.2 Å². The molecule has 66 valence electrons. The van der Waals surface area contributed by atoms with Crippen molar-refractivity contribution in [1.29, 1.82) is 0 Å². The van der Waals surface area contributed by atoms with E-state index in [0.717, 1.165) is 0 Å². The third kappa shape index (κ3) is 1.78. The Morgan fingerprint density at radius 1 is 1.57 bits per heavy atom. The molecule has 6 heteroatoms. The minimum atomic E-state index is -1.31. The van der Waals surface area contributed by atoms with Crippen molar-refractivity contribution in [3.63, 3.8) is 0 Å². The smallest absolute Gasteiger partial charge is 0.545 e. The van der Waals surface area contributed by atoms with Crippen molar-refractivity contribution in [1.82, 2.24) is 4.98 Å². The van der Waals surface area contributed by atoms with Crippen molar-refractivity contribution in [2.45, 2.75) is 0 Å². The fourth-order valence-electron chi connectivity index (χ4n) is 1.07. The van der Waals surface area contributed by atoms with Crippen molar-refractivity contribution in [2.24, 2.45) is 0 Å². The summed E-state index contributed by atoms with van der Waals surface area (Å²) >= 11 is 5.54. The average molecular weight is 204 g/mol. The standard InChI is InChI=1S/C8H4ClNO3.Li/c9-6-3-5-7(13-6)4(8(11)12)1-2-10-5;/h1-3H,(H,11,12);/q;+1/p-1. The van der Waals surface area contributed by atoms with E-state index in [9.17, 15) is 9.90 Å². The number of carbonyl (C=O) groups is 1. The summed E-state index contributed by atoms with van der Waals surface area (Å²) in [6.45, 7) is 0. The number of furan rings is 1. The predicted molar refractivity (Wildman–Crippen MR) is 43.3 cm³/mol. The van der Waals surface area contributed by atoms with Gasteiger partial charge in [0.05, 0.1) is 5.97 Å². The monoisotopic (exact) mass is 203 g/mol. The van der Waals surface area contributed by atoms with Gasteiger partial charge in [0.15, 0.2) is 10.8 Å². The molecule has 0 aliphatic rings. The van der Waals surface area contributed by atoms with E-state index in [1.807, 2.05) is 0 Å². The van der Waals surface area contributed by atoms with Crippen LogP contribution in [0.5, 0.6) is 0 Å². The molecule has 0 aliphatic heterocycles. The second kappa shape index (κ2) is 4.05. The van der Waals surface area contributed by atoms with E-state index >= 15 is 0 Å². The van der Waals surface area contributed by atoms with Crippen LogP contribution < -0.4 is 24.0 Å². The molecule has 2 aromatic rings. The number of hydrogen-bond acceptors (Lipinski definition) is 4. The third-order valence-electron chi connectivity index (χ3n) is 1.60. The van der Waals surface area contributed by atoms with Crippen LogP contribution in [0.3, 0.4) is 0 Å². The summed E-state index contributed by atoms with van der Waals surface area (Å²) in [4.78, 5) is 14.5. The van der Waals surface area contributed by atoms with Crippen molar-refractivity contribution in [2.75, 3.05) is 0 Å². The second-order valence-corrected chi connectivity index (χ2v) is 2.78. The van der Waals surface area contributed by atoms with Crippen molar-refractivity contribution in [3.05, 3.63) is 29.1 Å². The molecule has 0 unspecified atom stereocenters. The number of aromatic nitrogens is 1. The Morgan fingerprint density at radius 3 is 2.93 bits per heavy atom. The first-order valence-electron chi connectivity index (χ1n) is 3.44. The number of carboxylic acid groups (broad SMARTS) is 1. The molecule has 0 saturated carbocycles. The van der Waals surface area contributed by atoms with Crippen molar-refractivity contribution < 1.29 is 33.2 Å². The van der Waals surface area contributed by atoms with E-state index in [4.69, 9.17) is 16.0 Å². The van der Waals surface area contributed by atoms with Crippen molar-refractivity contribution in [3.8, 4) is 0 Å². The van der Waals surface area contributed by atoms with Crippen LogP contribution >= 0.6 is 11.6 Å². The largest absolute Gasteiger partial charge is 1.00 e. The van der Waals surface area contributed by atoms with Crippen LogP contribution in [-0.4, -0.2) is 11.0 Å². The van der Waals surface area contributed by atoms with E-state index in [2.05, 4.69) is 4.98 Å². The number of fused-ring (bicyclic) bond motifs is 1. The molecule has 2 aromatic heterocycles. The Hall–Kier alpha value is -0.953. The first kappa shape index (κ1) is 11.1. The van der Waals surface area contributed by atoms with Gasteiger partial charge < -0.3 is 14.3 Å². The number of pyridine rings is 1. The van der Waals surface area contributed by atoms with Gasteiger partial charge in [0.2, 0.25) is 0 Å². The SMILES string of the molecule is O=C([O-])c1ccnc2cc(Cl)oc12.[Li+]. The van der Waals surface area contributed by atoms with E-state index in [0.29, 0.717) is 5.52 Å². The van der Waals surface area contributed by atoms with Crippen LogP contribution in [0, 0.1) is 0 Å². The van der Waals surface area contributed by atoms with Gasteiger partial charge in [-0.3, -0.25) is 4.98 Å². The summed E-state index contributed by atoms with van der Waals surface area (Å²) in [5, 5.41) is 10.7. The topological polar surface area (TPSA) is 66.2 Å². The molecular weight excluding hydrogens is 200 g/mol. The molecule has 14 heavy (non-hydrogen) atoms. The molecule has 0 spiro atoms. The molecule has 2 heterocycles. The molecule has 0 atom stereocenters. The zero-order chi connectivity index (χ0) is 9.42. The van der Waals surface area contributed by atoms with Crippen LogP contribution in [0.4, 0.5) is 0 Å². The minimum absolute atomic E-state index is 0. The van der Waals surface area contributed by atoms with Crippen LogP contribution in [0.2, 0.25) is 5.22 Å².